The van der Waals surface area contributed by atoms with Crippen molar-refractivity contribution in [1.29, 1.82) is 0 Å². The molecule has 2 rings (SSSR count). The van der Waals surface area contributed by atoms with Gasteiger partial charge in [-0.25, -0.2) is 15.4 Å². The number of nitrogens with zero attached hydrogens (tertiary/aromatic N) is 3. The molecular formula is C15H22N4OS. The average molecular weight is 306 g/mol. The summed E-state index contributed by atoms with van der Waals surface area (Å²) in [5.74, 6) is 0.194. The molecule has 0 aromatic carbocycles. The van der Waals surface area contributed by atoms with Crippen molar-refractivity contribution in [2.75, 3.05) is 5.75 Å². The van der Waals surface area contributed by atoms with Gasteiger partial charge in [0, 0.05) is 17.1 Å². The molecule has 1 aromatic rings. The summed E-state index contributed by atoms with van der Waals surface area (Å²) >= 11 is 1.34. The molecule has 5 nitrogen and oxygen atoms in total. The molecule has 1 heterocycles. The van der Waals surface area contributed by atoms with Gasteiger partial charge in [-0.3, -0.25) is 4.79 Å². The smallest absolute Gasteiger partial charge is 0.250 e. The van der Waals surface area contributed by atoms with E-state index in [0.717, 1.165) is 29.9 Å². The van der Waals surface area contributed by atoms with Crippen LogP contribution in [0.25, 0.3) is 0 Å². The van der Waals surface area contributed by atoms with Crippen LogP contribution in [0.4, 0.5) is 0 Å². The Kier molecular flexibility index (Phi) is 6.17. The molecule has 6 heteroatoms. The maximum Gasteiger partial charge on any atom is 0.250 e. The lowest BCUT2D eigenvalue weighted by Gasteiger charge is -2.04. The predicted molar refractivity (Wildman–Crippen MR) is 85.5 cm³/mol. The summed E-state index contributed by atoms with van der Waals surface area (Å²) < 4.78 is 0. The number of amides is 1. The van der Waals surface area contributed by atoms with Gasteiger partial charge in [-0.15, -0.1) is 0 Å². The van der Waals surface area contributed by atoms with Crippen molar-refractivity contribution in [3.63, 3.8) is 0 Å². The minimum absolute atomic E-state index is 0.0977. The molecule has 1 aliphatic rings. The van der Waals surface area contributed by atoms with E-state index in [2.05, 4.69) is 20.5 Å². The van der Waals surface area contributed by atoms with Crippen LogP contribution in [0, 0.1) is 13.8 Å². The fourth-order valence-electron chi connectivity index (χ4n) is 2.31. The molecule has 0 atom stereocenters. The van der Waals surface area contributed by atoms with Gasteiger partial charge in [0.15, 0.2) is 5.16 Å². The fraction of sp³-hybridized carbons (Fsp3) is 0.600. The third-order valence-electron chi connectivity index (χ3n) is 3.31. The highest BCUT2D eigenvalue weighted by molar-refractivity contribution is 7.99. The topological polar surface area (TPSA) is 67.2 Å². The van der Waals surface area contributed by atoms with Crippen molar-refractivity contribution >= 4 is 23.4 Å². The van der Waals surface area contributed by atoms with Crippen LogP contribution in [-0.4, -0.2) is 27.3 Å². The van der Waals surface area contributed by atoms with Gasteiger partial charge in [0.25, 0.3) is 5.91 Å². The van der Waals surface area contributed by atoms with Gasteiger partial charge in [0.2, 0.25) is 0 Å². The van der Waals surface area contributed by atoms with Crippen LogP contribution >= 0.6 is 11.8 Å². The van der Waals surface area contributed by atoms with Crippen LogP contribution < -0.4 is 5.43 Å². The molecule has 0 bridgehead atoms. The second kappa shape index (κ2) is 8.12. The molecule has 1 aliphatic carbocycles. The Balaban J connectivity index is 1.80. The molecule has 0 radical (unpaired) electrons. The van der Waals surface area contributed by atoms with Crippen molar-refractivity contribution in [3.8, 4) is 0 Å². The number of aromatic nitrogens is 2. The zero-order valence-corrected chi connectivity index (χ0v) is 13.5. The Labute approximate surface area is 130 Å². The van der Waals surface area contributed by atoms with E-state index in [1.54, 1.807) is 0 Å². The highest BCUT2D eigenvalue weighted by atomic mass is 32.2. The molecule has 114 valence electrons. The Morgan fingerprint density at radius 1 is 1.19 bits per heavy atom. The van der Waals surface area contributed by atoms with Crippen molar-refractivity contribution in [2.45, 2.75) is 57.5 Å². The van der Waals surface area contributed by atoms with E-state index in [1.807, 2.05) is 19.9 Å². The number of hydrogen-bond acceptors (Lipinski definition) is 5. The molecule has 1 N–H and O–H groups in total. The van der Waals surface area contributed by atoms with Crippen molar-refractivity contribution in [3.05, 3.63) is 17.5 Å². The number of carbonyl (C=O) groups excluding carboxylic acids is 1. The van der Waals surface area contributed by atoms with Gasteiger partial charge < -0.3 is 0 Å². The van der Waals surface area contributed by atoms with E-state index in [0.29, 0.717) is 10.9 Å². The van der Waals surface area contributed by atoms with E-state index in [9.17, 15) is 4.79 Å². The second-order valence-corrected chi connectivity index (χ2v) is 6.29. The first-order chi connectivity index (χ1) is 10.1. The first-order valence-corrected chi connectivity index (χ1v) is 8.41. The van der Waals surface area contributed by atoms with Crippen LogP contribution in [-0.2, 0) is 4.79 Å². The van der Waals surface area contributed by atoms with Crippen LogP contribution in [0.15, 0.2) is 16.3 Å². The predicted octanol–water partition coefficient (Wildman–Crippen LogP) is 3.01. The van der Waals surface area contributed by atoms with Crippen molar-refractivity contribution < 1.29 is 4.79 Å². The second-order valence-electron chi connectivity index (χ2n) is 5.35. The Morgan fingerprint density at radius 2 is 1.81 bits per heavy atom. The lowest BCUT2D eigenvalue weighted by Crippen LogP contribution is -2.21. The number of nitrogens with one attached hydrogen (secondary N) is 1. The standard InChI is InChI=1S/C15H22N4OS/c1-11-9-12(2)17-15(16-11)21-10-14(20)19-18-13-7-5-3-4-6-8-13/h9H,3-8,10H2,1-2H3,(H,19,20). The summed E-state index contributed by atoms with van der Waals surface area (Å²) in [5.41, 5.74) is 5.61. The lowest BCUT2D eigenvalue weighted by atomic mass is 10.2. The molecular weight excluding hydrogens is 284 g/mol. The van der Waals surface area contributed by atoms with Gasteiger partial charge in [-0.2, -0.15) is 5.10 Å². The van der Waals surface area contributed by atoms with Crippen molar-refractivity contribution in [2.24, 2.45) is 5.10 Å². The normalized spacial score (nSPS) is 15.4. The summed E-state index contributed by atoms with van der Waals surface area (Å²) in [4.78, 5) is 20.4. The van der Waals surface area contributed by atoms with E-state index >= 15 is 0 Å². The summed E-state index contributed by atoms with van der Waals surface area (Å²) in [6, 6.07) is 1.92. The fourth-order valence-corrected chi connectivity index (χ4v) is 3.05. The minimum atomic E-state index is -0.0977. The Hall–Kier alpha value is -1.43. The molecule has 21 heavy (non-hydrogen) atoms. The van der Waals surface area contributed by atoms with Crippen LogP contribution in [0.3, 0.4) is 0 Å². The van der Waals surface area contributed by atoms with E-state index in [-0.39, 0.29) is 5.91 Å². The largest absolute Gasteiger partial charge is 0.272 e. The Bertz CT molecular complexity index is 500. The van der Waals surface area contributed by atoms with E-state index in [1.165, 1.54) is 37.4 Å². The third-order valence-corrected chi connectivity index (χ3v) is 4.16. The summed E-state index contributed by atoms with van der Waals surface area (Å²) in [5, 5.41) is 4.90. The SMILES string of the molecule is Cc1cc(C)nc(SCC(=O)NN=C2CCCCCC2)n1. The van der Waals surface area contributed by atoms with E-state index < -0.39 is 0 Å². The monoisotopic (exact) mass is 306 g/mol. The zero-order valence-electron chi connectivity index (χ0n) is 12.7. The number of carbonyl (C=O) groups is 1. The average Bonchev–Trinajstić information content (AvgIpc) is 2.70. The van der Waals surface area contributed by atoms with Gasteiger partial charge in [0.1, 0.15) is 0 Å². The maximum absolute atomic E-state index is 11.8. The molecule has 0 saturated heterocycles. The highest BCUT2D eigenvalue weighted by Gasteiger charge is 2.08. The lowest BCUT2D eigenvalue weighted by molar-refractivity contribution is -0.118. The summed E-state index contributed by atoms with van der Waals surface area (Å²) in [6.45, 7) is 3.85. The minimum Gasteiger partial charge on any atom is -0.272 e. The number of rotatable bonds is 4. The summed E-state index contributed by atoms with van der Waals surface area (Å²) in [7, 11) is 0. The van der Waals surface area contributed by atoms with Gasteiger partial charge in [-0.1, -0.05) is 24.6 Å². The quantitative estimate of drug-likeness (QED) is 0.402. The van der Waals surface area contributed by atoms with E-state index in [4.69, 9.17) is 0 Å². The molecule has 0 aliphatic heterocycles. The van der Waals surface area contributed by atoms with Crippen LogP contribution in [0.5, 0.6) is 0 Å². The zero-order chi connectivity index (χ0) is 15.1. The van der Waals surface area contributed by atoms with Gasteiger partial charge >= 0.3 is 0 Å². The van der Waals surface area contributed by atoms with Gasteiger partial charge in [0.05, 0.1) is 5.75 Å². The number of hydrogen-bond donors (Lipinski definition) is 1. The number of aryl methyl sites for hydroxylation is 2. The Morgan fingerprint density at radius 3 is 2.43 bits per heavy atom. The molecule has 1 aromatic heterocycles. The van der Waals surface area contributed by atoms with Crippen molar-refractivity contribution in [1.82, 2.24) is 15.4 Å². The third kappa shape index (κ3) is 5.83. The highest BCUT2D eigenvalue weighted by Crippen LogP contribution is 2.15. The maximum atomic E-state index is 11.8. The first-order valence-electron chi connectivity index (χ1n) is 7.43. The molecule has 0 spiro atoms. The molecule has 1 amide bonds. The number of thioether (sulfide) groups is 1. The number of hydrazone groups is 1. The molecule has 1 saturated carbocycles. The molecule has 1 fully saturated rings. The molecule has 0 unspecified atom stereocenters. The van der Waals surface area contributed by atoms with Crippen LogP contribution in [0.2, 0.25) is 0 Å². The van der Waals surface area contributed by atoms with Crippen LogP contribution in [0.1, 0.15) is 49.9 Å². The van der Waals surface area contributed by atoms with Gasteiger partial charge in [-0.05, 0) is 45.6 Å². The first kappa shape index (κ1) is 15.9. The summed E-state index contributed by atoms with van der Waals surface area (Å²) in [6.07, 6.45) is 6.92.